The van der Waals surface area contributed by atoms with Crippen LogP contribution in [0.3, 0.4) is 0 Å². The number of nitro groups is 1. The first-order valence-electron chi connectivity index (χ1n) is 8.28. The third kappa shape index (κ3) is 5.00. The fourth-order valence-electron chi connectivity index (χ4n) is 2.27. The molecule has 0 saturated carbocycles. The van der Waals surface area contributed by atoms with Gasteiger partial charge in [-0.25, -0.2) is 9.07 Å². The van der Waals surface area contributed by atoms with Gasteiger partial charge in [0.1, 0.15) is 6.61 Å². The third-order valence-corrected chi connectivity index (χ3v) is 4.63. The number of thioether (sulfide) groups is 1. The summed E-state index contributed by atoms with van der Waals surface area (Å²) in [5, 5.41) is 21.0. The van der Waals surface area contributed by atoms with Crippen LogP contribution in [0.1, 0.15) is 5.82 Å². The van der Waals surface area contributed by atoms with Gasteiger partial charge in [0, 0.05) is 11.8 Å². The van der Waals surface area contributed by atoms with E-state index in [2.05, 4.69) is 15.5 Å². The van der Waals surface area contributed by atoms with Gasteiger partial charge in [-0.2, -0.15) is 4.39 Å². The number of carbonyl (C=O) groups is 1. The molecule has 3 rings (SSSR count). The number of amides is 1. The molecule has 3 N–H and O–H groups in total. The minimum absolute atomic E-state index is 0.0301. The number of hydrogen-bond donors (Lipinski definition) is 2. The van der Waals surface area contributed by atoms with Crippen LogP contribution in [0.2, 0.25) is 0 Å². The molecule has 0 spiro atoms. The lowest BCUT2D eigenvalue weighted by Crippen LogP contribution is -2.18. The van der Waals surface area contributed by atoms with E-state index < -0.39 is 28.2 Å². The normalized spacial score (nSPS) is 10.6. The molecule has 0 atom stereocenters. The molecule has 2 aromatic carbocycles. The smallest absolute Gasteiger partial charge is 0.306 e. The molecule has 1 amide bonds. The number of nitrogen functional groups attached to an aromatic ring is 1. The number of benzene rings is 2. The van der Waals surface area contributed by atoms with Crippen LogP contribution in [0.5, 0.6) is 5.75 Å². The molecule has 1 aromatic heterocycles. The first-order chi connectivity index (χ1) is 14.3. The van der Waals surface area contributed by atoms with Crippen LogP contribution >= 0.6 is 11.8 Å². The van der Waals surface area contributed by atoms with E-state index in [9.17, 15) is 23.7 Å². The Morgan fingerprint density at radius 1 is 1.23 bits per heavy atom. The number of ether oxygens (including phenoxy) is 1. The average Bonchev–Trinajstić information content (AvgIpc) is 3.06. The molecule has 156 valence electrons. The Bertz CT molecular complexity index is 1090. The molecular formula is C17H14F2N6O4S. The highest BCUT2D eigenvalue weighted by Crippen LogP contribution is 2.22. The summed E-state index contributed by atoms with van der Waals surface area (Å²) < 4.78 is 33.3. The van der Waals surface area contributed by atoms with Crippen LogP contribution in [-0.4, -0.2) is 31.5 Å². The molecule has 13 heteroatoms. The Morgan fingerprint density at radius 2 is 2.00 bits per heavy atom. The van der Waals surface area contributed by atoms with E-state index in [4.69, 9.17) is 10.6 Å². The van der Waals surface area contributed by atoms with Gasteiger partial charge in [0.15, 0.2) is 17.4 Å². The fraction of sp³-hybridized carbons (Fsp3) is 0.118. The molecule has 0 bridgehead atoms. The number of nitrogens with two attached hydrogens (primary N) is 1. The van der Waals surface area contributed by atoms with Crippen LogP contribution < -0.4 is 15.9 Å². The molecule has 0 aliphatic heterocycles. The number of rotatable bonds is 8. The minimum atomic E-state index is -1.01. The summed E-state index contributed by atoms with van der Waals surface area (Å²) in [7, 11) is 0. The van der Waals surface area contributed by atoms with Crippen molar-refractivity contribution in [3.63, 3.8) is 0 Å². The van der Waals surface area contributed by atoms with Crippen LogP contribution in [0, 0.1) is 21.7 Å². The maximum Gasteiger partial charge on any atom is 0.306 e. The second-order valence-corrected chi connectivity index (χ2v) is 6.69. The summed E-state index contributed by atoms with van der Waals surface area (Å²) >= 11 is 0.948. The summed E-state index contributed by atoms with van der Waals surface area (Å²) in [4.78, 5) is 21.9. The van der Waals surface area contributed by atoms with Gasteiger partial charge in [0.25, 0.3) is 0 Å². The van der Waals surface area contributed by atoms with E-state index in [0.717, 1.165) is 28.6 Å². The van der Waals surface area contributed by atoms with Crippen LogP contribution in [-0.2, 0) is 11.4 Å². The van der Waals surface area contributed by atoms with Gasteiger partial charge in [0.2, 0.25) is 16.9 Å². The number of nitrogens with one attached hydrogen (secondary N) is 1. The number of anilines is 1. The Labute approximate surface area is 172 Å². The Morgan fingerprint density at radius 3 is 2.73 bits per heavy atom. The molecule has 0 aliphatic rings. The molecule has 0 aliphatic carbocycles. The highest BCUT2D eigenvalue weighted by molar-refractivity contribution is 7.99. The van der Waals surface area contributed by atoms with Crippen molar-refractivity contribution in [2.75, 3.05) is 16.9 Å². The van der Waals surface area contributed by atoms with E-state index in [1.54, 1.807) is 6.07 Å². The largest absolute Gasteiger partial charge is 0.482 e. The standard InChI is InChI=1S/C17H14F2N6O4S/c18-11-6-5-10(7-13(11)25(27)28)21-16(26)9-30-17-23-22-15(24(17)20)8-29-14-4-2-1-3-12(14)19/h1-7H,8-9,20H2,(H,21,26). The van der Waals surface area contributed by atoms with E-state index >= 15 is 0 Å². The number of nitrogens with zero attached hydrogens (tertiary/aromatic N) is 4. The van der Waals surface area contributed by atoms with Crippen molar-refractivity contribution in [1.82, 2.24) is 14.9 Å². The number of halogens is 2. The summed E-state index contributed by atoms with van der Waals surface area (Å²) in [5.41, 5.74) is -0.677. The van der Waals surface area contributed by atoms with E-state index in [-0.39, 0.29) is 34.8 Å². The maximum absolute atomic E-state index is 13.6. The Balaban J connectivity index is 1.56. The van der Waals surface area contributed by atoms with Crippen molar-refractivity contribution < 1.29 is 23.2 Å². The van der Waals surface area contributed by atoms with Crippen molar-refractivity contribution in [3.05, 3.63) is 70.0 Å². The molecule has 0 radical (unpaired) electrons. The average molecular weight is 436 g/mol. The second kappa shape index (κ2) is 9.17. The van der Waals surface area contributed by atoms with Crippen molar-refractivity contribution in [3.8, 4) is 5.75 Å². The molecule has 3 aromatic rings. The van der Waals surface area contributed by atoms with Gasteiger partial charge in [-0.3, -0.25) is 14.9 Å². The maximum atomic E-state index is 13.6. The van der Waals surface area contributed by atoms with Crippen molar-refractivity contribution >= 4 is 29.0 Å². The van der Waals surface area contributed by atoms with Gasteiger partial charge >= 0.3 is 5.69 Å². The van der Waals surface area contributed by atoms with Gasteiger partial charge in [0.05, 0.1) is 10.7 Å². The lowest BCUT2D eigenvalue weighted by Gasteiger charge is -2.07. The predicted molar refractivity (Wildman–Crippen MR) is 103 cm³/mol. The zero-order chi connectivity index (χ0) is 21.7. The van der Waals surface area contributed by atoms with Crippen molar-refractivity contribution in [2.24, 2.45) is 0 Å². The van der Waals surface area contributed by atoms with E-state index in [1.807, 2.05) is 0 Å². The zero-order valence-electron chi connectivity index (χ0n) is 15.1. The molecule has 1 heterocycles. The number of hydrogen-bond acceptors (Lipinski definition) is 8. The van der Waals surface area contributed by atoms with E-state index in [0.29, 0.717) is 0 Å². The number of para-hydroxylation sites is 1. The molecule has 0 fully saturated rings. The van der Waals surface area contributed by atoms with Crippen LogP contribution in [0.15, 0.2) is 47.6 Å². The second-order valence-electron chi connectivity index (χ2n) is 5.75. The highest BCUT2D eigenvalue weighted by Gasteiger charge is 2.17. The van der Waals surface area contributed by atoms with Crippen LogP contribution in [0.25, 0.3) is 0 Å². The summed E-state index contributed by atoms with van der Waals surface area (Å²) in [6.07, 6.45) is 0. The first kappa shape index (κ1) is 21.0. The Kier molecular flexibility index (Phi) is 6.41. The number of nitro benzene ring substituents is 1. The van der Waals surface area contributed by atoms with Gasteiger partial charge in [-0.05, 0) is 24.3 Å². The topological polar surface area (TPSA) is 138 Å². The quantitative estimate of drug-likeness (QED) is 0.238. The van der Waals surface area contributed by atoms with Crippen molar-refractivity contribution in [2.45, 2.75) is 11.8 Å². The van der Waals surface area contributed by atoms with Gasteiger partial charge < -0.3 is 15.9 Å². The fourth-order valence-corrected chi connectivity index (χ4v) is 2.94. The first-order valence-corrected chi connectivity index (χ1v) is 9.27. The lowest BCUT2D eigenvalue weighted by molar-refractivity contribution is -0.387. The summed E-state index contributed by atoms with van der Waals surface area (Å²) in [6.45, 7) is -0.142. The monoisotopic (exact) mass is 436 g/mol. The lowest BCUT2D eigenvalue weighted by atomic mass is 10.2. The zero-order valence-corrected chi connectivity index (χ0v) is 15.9. The summed E-state index contributed by atoms with van der Waals surface area (Å²) in [5.74, 6) is 3.89. The summed E-state index contributed by atoms with van der Waals surface area (Å²) in [6, 6.07) is 8.85. The Hall–Kier alpha value is -3.74. The number of aromatic nitrogens is 3. The SMILES string of the molecule is Nn1c(COc2ccccc2F)nnc1SCC(=O)Nc1ccc(F)c([N+](=O)[O-])c1. The van der Waals surface area contributed by atoms with Gasteiger partial charge in [-0.1, -0.05) is 23.9 Å². The predicted octanol–water partition coefficient (Wildman–Crippen LogP) is 2.49. The number of carbonyl (C=O) groups excluding carboxylic acids is 1. The van der Waals surface area contributed by atoms with Crippen LogP contribution in [0.4, 0.5) is 20.2 Å². The molecule has 10 nitrogen and oxygen atoms in total. The van der Waals surface area contributed by atoms with Gasteiger partial charge in [-0.15, -0.1) is 10.2 Å². The van der Waals surface area contributed by atoms with Crippen molar-refractivity contribution in [1.29, 1.82) is 0 Å². The molecule has 0 unspecified atom stereocenters. The highest BCUT2D eigenvalue weighted by atomic mass is 32.2. The van der Waals surface area contributed by atoms with E-state index in [1.165, 1.54) is 24.3 Å². The minimum Gasteiger partial charge on any atom is -0.482 e. The molecule has 30 heavy (non-hydrogen) atoms. The molecular weight excluding hydrogens is 422 g/mol. The molecule has 0 saturated heterocycles. The third-order valence-electron chi connectivity index (χ3n) is 3.69.